The predicted octanol–water partition coefficient (Wildman–Crippen LogP) is 6.19. The van der Waals surface area contributed by atoms with Crippen molar-refractivity contribution in [3.05, 3.63) is 85.6 Å². The molecule has 3 rings (SSSR count). The fourth-order valence-electron chi connectivity index (χ4n) is 3.40. The van der Waals surface area contributed by atoms with Crippen LogP contribution in [0.2, 0.25) is 15.1 Å². The first kappa shape index (κ1) is 29.4. The van der Waals surface area contributed by atoms with Gasteiger partial charge in [0.25, 0.3) is 11.6 Å². The molecule has 1 atom stereocenters. The largest absolute Gasteiger partial charge is 0.342 e. The Bertz CT molecular complexity index is 1380. The number of nitro groups is 1. The molecule has 2 N–H and O–H groups in total. The number of nitrogens with zero attached hydrogens (tertiary/aromatic N) is 4. The maximum Gasteiger partial charge on any atom is 0.271 e. The van der Waals surface area contributed by atoms with Crippen molar-refractivity contribution in [2.75, 3.05) is 11.1 Å². The van der Waals surface area contributed by atoms with Crippen molar-refractivity contribution in [2.45, 2.75) is 31.6 Å². The fraction of sp³-hybridized carbons (Fsp3) is 0.250. The number of hydrogen-bond acceptors (Lipinski definition) is 7. The molecule has 1 heterocycles. The summed E-state index contributed by atoms with van der Waals surface area (Å²) in [5, 5.41) is 26.3. The highest BCUT2D eigenvalue weighted by Gasteiger charge is 2.27. The van der Waals surface area contributed by atoms with Gasteiger partial charge >= 0.3 is 0 Å². The summed E-state index contributed by atoms with van der Waals surface area (Å²) in [4.78, 5) is 36.0. The lowest BCUT2D eigenvalue weighted by molar-refractivity contribution is -0.384. The number of nitrogens with one attached hydrogen (secondary N) is 2. The van der Waals surface area contributed by atoms with Crippen LogP contribution in [0.4, 0.5) is 11.4 Å². The zero-order valence-corrected chi connectivity index (χ0v) is 23.4. The minimum atomic E-state index is -0.579. The molecular weight excluding hydrogens is 575 g/mol. The number of hydrogen-bond donors (Lipinski definition) is 2. The lowest BCUT2D eigenvalue weighted by atomic mass is 10.0. The minimum absolute atomic E-state index is 0.0741. The van der Waals surface area contributed by atoms with Gasteiger partial charge in [0.2, 0.25) is 5.91 Å². The number of rotatable bonds is 11. The second-order valence-electron chi connectivity index (χ2n) is 8.32. The van der Waals surface area contributed by atoms with Crippen molar-refractivity contribution in [3.63, 3.8) is 0 Å². The number of non-ortho nitro benzene ring substituents is 1. The molecule has 10 nitrogen and oxygen atoms in total. The molecule has 0 aliphatic rings. The lowest BCUT2D eigenvalue weighted by Gasteiger charge is -2.23. The molecule has 0 aliphatic heterocycles. The molecule has 2 aromatic carbocycles. The third kappa shape index (κ3) is 7.25. The number of nitro benzene ring substituents is 1. The Morgan fingerprint density at radius 2 is 1.89 bits per heavy atom. The van der Waals surface area contributed by atoms with Gasteiger partial charge in [-0.05, 0) is 30.2 Å². The molecule has 0 radical (unpaired) electrons. The SMILES string of the molecule is C=CCn1c(SCC(=O)Nc2cc([N+](=O)[O-])ccc2Cl)nnc1[C@@H](NC(=O)c1ccc(Cl)cc1Cl)C(C)C. The molecule has 0 saturated heterocycles. The van der Waals surface area contributed by atoms with Gasteiger partial charge in [-0.1, -0.05) is 66.5 Å². The third-order valence-corrected chi connectivity index (χ3v) is 7.08. The molecule has 2 amide bonds. The second kappa shape index (κ2) is 13.1. The predicted molar refractivity (Wildman–Crippen MR) is 149 cm³/mol. The number of anilines is 1. The van der Waals surface area contributed by atoms with Crippen LogP contribution >= 0.6 is 46.6 Å². The highest BCUT2D eigenvalue weighted by molar-refractivity contribution is 7.99. The Balaban J connectivity index is 1.78. The van der Waals surface area contributed by atoms with Gasteiger partial charge in [0, 0.05) is 23.7 Å². The monoisotopic (exact) mass is 596 g/mol. The third-order valence-electron chi connectivity index (χ3n) is 5.23. The van der Waals surface area contributed by atoms with Gasteiger partial charge in [-0.25, -0.2) is 0 Å². The normalized spacial score (nSPS) is 11.7. The van der Waals surface area contributed by atoms with Crippen LogP contribution in [0.15, 0.2) is 54.2 Å². The Labute approximate surface area is 237 Å². The van der Waals surface area contributed by atoms with E-state index in [1.807, 2.05) is 13.8 Å². The molecule has 0 fully saturated rings. The second-order valence-corrected chi connectivity index (χ2v) is 10.5. The van der Waals surface area contributed by atoms with Crippen LogP contribution in [-0.4, -0.2) is 37.3 Å². The van der Waals surface area contributed by atoms with E-state index < -0.39 is 22.8 Å². The van der Waals surface area contributed by atoms with Crippen LogP contribution in [0.25, 0.3) is 0 Å². The van der Waals surface area contributed by atoms with Crippen LogP contribution in [0, 0.1) is 16.0 Å². The summed E-state index contributed by atoms with van der Waals surface area (Å²) in [6.45, 7) is 7.95. The van der Waals surface area contributed by atoms with E-state index in [2.05, 4.69) is 27.4 Å². The first-order valence-electron chi connectivity index (χ1n) is 11.2. The van der Waals surface area contributed by atoms with Crippen LogP contribution in [-0.2, 0) is 11.3 Å². The van der Waals surface area contributed by atoms with Gasteiger partial charge in [-0.3, -0.25) is 19.7 Å². The number of aromatic nitrogens is 3. The zero-order chi connectivity index (χ0) is 28.0. The fourth-order valence-corrected chi connectivity index (χ4v) is 4.81. The van der Waals surface area contributed by atoms with Crippen molar-refractivity contribution in [1.82, 2.24) is 20.1 Å². The Hall–Kier alpha value is -3.12. The molecule has 38 heavy (non-hydrogen) atoms. The number of amides is 2. The number of carbonyl (C=O) groups excluding carboxylic acids is 2. The van der Waals surface area contributed by atoms with Crippen LogP contribution in [0.5, 0.6) is 0 Å². The quantitative estimate of drug-likeness (QED) is 0.117. The Morgan fingerprint density at radius 3 is 2.53 bits per heavy atom. The number of allylic oxidation sites excluding steroid dienone is 1. The van der Waals surface area contributed by atoms with Crippen LogP contribution in [0.3, 0.4) is 0 Å². The van der Waals surface area contributed by atoms with Crippen LogP contribution in [0.1, 0.15) is 36.1 Å². The number of thioether (sulfide) groups is 1. The summed E-state index contributed by atoms with van der Waals surface area (Å²) in [6, 6.07) is 7.85. The molecule has 0 unspecified atom stereocenters. The van der Waals surface area contributed by atoms with Gasteiger partial charge in [0.15, 0.2) is 11.0 Å². The average molecular weight is 598 g/mol. The van der Waals surface area contributed by atoms with Gasteiger partial charge in [-0.2, -0.15) is 0 Å². The molecular formula is C24H23Cl3N6O4S. The highest BCUT2D eigenvalue weighted by atomic mass is 35.5. The maximum atomic E-state index is 13.0. The van der Waals surface area contributed by atoms with Crippen molar-refractivity contribution in [2.24, 2.45) is 5.92 Å². The van der Waals surface area contributed by atoms with Crippen molar-refractivity contribution in [1.29, 1.82) is 0 Å². The average Bonchev–Trinajstić information content (AvgIpc) is 3.24. The number of benzene rings is 2. The molecule has 0 aliphatic carbocycles. The lowest BCUT2D eigenvalue weighted by Crippen LogP contribution is -2.34. The summed E-state index contributed by atoms with van der Waals surface area (Å²) < 4.78 is 1.75. The zero-order valence-electron chi connectivity index (χ0n) is 20.3. The highest BCUT2D eigenvalue weighted by Crippen LogP contribution is 2.29. The molecule has 1 aromatic heterocycles. The topological polar surface area (TPSA) is 132 Å². The van der Waals surface area contributed by atoms with Crippen molar-refractivity contribution in [3.8, 4) is 0 Å². The Morgan fingerprint density at radius 1 is 1.16 bits per heavy atom. The summed E-state index contributed by atoms with van der Waals surface area (Å²) in [5.74, 6) is -0.523. The minimum Gasteiger partial charge on any atom is -0.342 e. The maximum absolute atomic E-state index is 13.0. The first-order valence-corrected chi connectivity index (χ1v) is 13.3. The van der Waals surface area contributed by atoms with Crippen molar-refractivity contribution < 1.29 is 14.5 Å². The van der Waals surface area contributed by atoms with E-state index in [1.165, 1.54) is 24.3 Å². The summed E-state index contributed by atoms with van der Waals surface area (Å²) in [5.41, 5.74) is 0.195. The smallest absolute Gasteiger partial charge is 0.271 e. The van der Waals surface area contributed by atoms with Crippen LogP contribution < -0.4 is 10.6 Å². The Kier molecular flexibility index (Phi) is 10.1. The van der Waals surface area contributed by atoms with Gasteiger partial charge < -0.3 is 15.2 Å². The standard InChI is InChI=1S/C24H23Cl3N6O4S/c1-4-9-32-22(21(13(2)3)29-23(35)16-7-5-14(25)10-18(16)27)30-31-24(32)38-12-20(34)28-19-11-15(33(36)37)6-8-17(19)26/h4-8,10-11,13,21H,1,9,12H2,2-3H3,(H,28,34)(H,29,35)/t21-/m0/s1. The van der Waals surface area contributed by atoms with Gasteiger partial charge in [0.1, 0.15) is 0 Å². The van der Waals surface area contributed by atoms with E-state index in [-0.39, 0.29) is 38.7 Å². The molecule has 3 aromatic rings. The van der Waals surface area contributed by atoms with E-state index in [0.717, 1.165) is 11.8 Å². The first-order chi connectivity index (χ1) is 18.0. The summed E-state index contributed by atoms with van der Waals surface area (Å²) >= 11 is 19.3. The van der Waals surface area contributed by atoms with E-state index in [4.69, 9.17) is 34.8 Å². The summed E-state index contributed by atoms with van der Waals surface area (Å²) in [6.07, 6.45) is 1.65. The van der Waals surface area contributed by atoms with E-state index in [1.54, 1.807) is 22.8 Å². The summed E-state index contributed by atoms with van der Waals surface area (Å²) in [7, 11) is 0. The number of carbonyl (C=O) groups is 2. The molecule has 14 heteroatoms. The molecule has 0 bridgehead atoms. The molecule has 0 spiro atoms. The van der Waals surface area contributed by atoms with E-state index in [9.17, 15) is 19.7 Å². The van der Waals surface area contributed by atoms with Gasteiger partial charge in [-0.15, -0.1) is 16.8 Å². The van der Waals surface area contributed by atoms with E-state index >= 15 is 0 Å². The molecule has 0 saturated carbocycles. The molecule has 200 valence electrons. The van der Waals surface area contributed by atoms with E-state index in [0.29, 0.717) is 22.5 Å². The van der Waals surface area contributed by atoms with Crippen molar-refractivity contribution >= 4 is 69.8 Å². The number of halogens is 3. The van der Waals surface area contributed by atoms with Gasteiger partial charge in [0.05, 0.1) is 38.0 Å².